The van der Waals surface area contributed by atoms with Crippen LogP contribution < -0.4 is 0 Å². The SMILES string of the molecule is COC(=O)Cc1ccccc1N=S(C)(C)=O. The van der Waals surface area contributed by atoms with Crippen molar-refractivity contribution in [3.8, 4) is 0 Å². The zero-order chi connectivity index (χ0) is 12.2. The molecule has 0 fully saturated rings. The molecule has 0 unspecified atom stereocenters. The highest BCUT2D eigenvalue weighted by Crippen LogP contribution is 2.20. The zero-order valence-corrected chi connectivity index (χ0v) is 10.4. The molecule has 0 radical (unpaired) electrons. The van der Waals surface area contributed by atoms with Crippen LogP contribution in [-0.2, 0) is 25.7 Å². The number of hydrogen-bond donors (Lipinski definition) is 0. The highest BCUT2D eigenvalue weighted by molar-refractivity contribution is 7.92. The summed E-state index contributed by atoms with van der Waals surface area (Å²) >= 11 is 0. The van der Waals surface area contributed by atoms with Gasteiger partial charge in [-0.1, -0.05) is 18.2 Å². The van der Waals surface area contributed by atoms with Gasteiger partial charge in [0.05, 0.1) is 19.2 Å². The Labute approximate surface area is 95.8 Å². The van der Waals surface area contributed by atoms with Crippen LogP contribution in [0.1, 0.15) is 5.56 Å². The van der Waals surface area contributed by atoms with E-state index in [1.807, 2.05) is 6.07 Å². The molecule has 88 valence electrons. The monoisotopic (exact) mass is 241 g/mol. The summed E-state index contributed by atoms with van der Waals surface area (Å²) < 4.78 is 20.3. The number of ether oxygens (including phenoxy) is 1. The topological polar surface area (TPSA) is 55.7 Å². The molecule has 1 aromatic rings. The number of rotatable bonds is 3. The molecule has 0 bridgehead atoms. The van der Waals surface area contributed by atoms with Crippen molar-refractivity contribution in [2.75, 3.05) is 19.6 Å². The lowest BCUT2D eigenvalue weighted by Crippen LogP contribution is -2.04. The molecule has 0 spiro atoms. The van der Waals surface area contributed by atoms with Crippen LogP contribution in [0.25, 0.3) is 0 Å². The Morgan fingerprint density at radius 2 is 2.00 bits per heavy atom. The van der Waals surface area contributed by atoms with E-state index in [-0.39, 0.29) is 12.4 Å². The van der Waals surface area contributed by atoms with Gasteiger partial charge in [-0.3, -0.25) is 4.79 Å². The van der Waals surface area contributed by atoms with E-state index in [9.17, 15) is 9.00 Å². The molecule has 16 heavy (non-hydrogen) atoms. The van der Waals surface area contributed by atoms with E-state index in [1.54, 1.807) is 30.7 Å². The second-order valence-corrected chi connectivity index (χ2v) is 6.20. The number of esters is 1. The maximum absolute atomic E-state index is 11.6. The van der Waals surface area contributed by atoms with Crippen molar-refractivity contribution in [2.45, 2.75) is 6.42 Å². The van der Waals surface area contributed by atoms with Gasteiger partial charge in [0.25, 0.3) is 0 Å². The van der Waals surface area contributed by atoms with Gasteiger partial charge in [0.15, 0.2) is 0 Å². The Morgan fingerprint density at radius 1 is 1.38 bits per heavy atom. The molecule has 0 aliphatic heterocycles. The molecule has 0 aromatic heterocycles. The molecule has 5 heteroatoms. The van der Waals surface area contributed by atoms with Gasteiger partial charge in [0, 0.05) is 22.2 Å². The maximum Gasteiger partial charge on any atom is 0.310 e. The van der Waals surface area contributed by atoms with E-state index in [0.29, 0.717) is 5.69 Å². The highest BCUT2D eigenvalue weighted by Gasteiger charge is 2.07. The number of benzene rings is 1. The van der Waals surface area contributed by atoms with Crippen molar-refractivity contribution < 1.29 is 13.7 Å². The molecule has 0 atom stereocenters. The Morgan fingerprint density at radius 3 is 2.56 bits per heavy atom. The van der Waals surface area contributed by atoms with Crippen LogP contribution in [0.4, 0.5) is 5.69 Å². The van der Waals surface area contributed by atoms with E-state index < -0.39 is 9.73 Å². The van der Waals surface area contributed by atoms with E-state index in [2.05, 4.69) is 9.10 Å². The average molecular weight is 241 g/mol. The van der Waals surface area contributed by atoms with Gasteiger partial charge in [0.1, 0.15) is 0 Å². The minimum Gasteiger partial charge on any atom is -0.469 e. The first-order valence-corrected chi connectivity index (χ1v) is 7.07. The molecule has 0 aliphatic carbocycles. The second kappa shape index (κ2) is 5.12. The Bertz CT molecular complexity index is 494. The smallest absolute Gasteiger partial charge is 0.310 e. The van der Waals surface area contributed by atoms with Crippen molar-refractivity contribution in [1.29, 1.82) is 0 Å². The highest BCUT2D eigenvalue weighted by atomic mass is 32.2. The van der Waals surface area contributed by atoms with Crippen LogP contribution in [0.3, 0.4) is 0 Å². The molecule has 0 aliphatic rings. The molecule has 0 saturated heterocycles. The average Bonchev–Trinajstić information content (AvgIpc) is 2.18. The first-order valence-electron chi connectivity index (χ1n) is 4.74. The van der Waals surface area contributed by atoms with Gasteiger partial charge >= 0.3 is 5.97 Å². The molecule has 0 N–H and O–H groups in total. The largest absolute Gasteiger partial charge is 0.469 e. The van der Waals surface area contributed by atoms with Crippen molar-refractivity contribution in [3.63, 3.8) is 0 Å². The van der Waals surface area contributed by atoms with Gasteiger partial charge in [-0.2, -0.15) is 4.36 Å². The van der Waals surface area contributed by atoms with Crippen LogP contribution in [0, 0.1) is 0 Å². The van der Waals surface area contributed by atoms with Crippen molar-refractivity contribution in [2.24, 2.45) is 4.36 Å². The third-order valence-electron chi connectivity index (χ3n) is 1.87. The van der Waals surface area contributed by atoms with Crippen LogP contribution in [-0.4, -0.2) is 29.8 Å². The van der Waals surface area contributed by atoms with E-state index in [0.717, 1.165) is 5.56 Å². The molecular formula is C11H15NO3S. The lowest BCUT2D eigenvalue weighted by Gasteiger charge is -2.04. The summed E-state index contributed by atoms with van der Waals surface area (Å²) in [5, 5.41) is 0. The second-order valence-electron chi connectivity index (χ2n) is 3.65. The summed E-state index contributed by atoms with van der Waals surface area (Å²) in [6.07, 6.45) is 3.26. The standard InChI is InChI=1S/C11H15NO3S/c1-15-11(13)8-9-6-4-5-7-10(9)12-16(2,3)14/h4-7H,8H2,1-3H3. The van der Waals surface area contributed by atoms with Crippen LogP contribution in [0.2, 0.25) is 0 Å². The van der Waals surface area contributed by atoms with Gasteiger partial charge in [-0.05, 0) is 11.6 Å². The molecule has 0 amide bonds. The van der Waals surface area contributed by atoms with Gasteiger partial charge < -0.3 is 4.74 Å². The summed E-state index contributed by atoms with van der Waals surface area (Å²) in [7, 11) is -0.881. The fraction of sp³-hybridized carbons (Fsp3) is 0.364. The van der Waals surface area contributed by atoms with Crippen LogP contribution in [0.15, 0.2) is 28.6 Å². The lowest BCUT2D eigenvalue weighted by molar-refractivity contribution is -0.139. The van der Waals surface area contributed by atoms with Crippen LogP contribution >= 0.6 is 0 Å². The van der Waals surface area contributed by atoms with E-state index >= 15 is 0 Å². The summed E-state index contributed by atoms with van der Waals surface area (Å²) in [5.74, 6) is -0.332. The summed E-state index contributed by atoms with van der Waals surface area (Å²) in [6, 6.07) is 7.13. The quantitative estimate of drug-likeness (QED) is 0.758. The predicted molar refractivity (Wildman–Crippen MR) is 64.2 cm³/mol. The Hall–Kier alpha value is -1.36. The van der Waals surface area contributed by atoms with Gasteiger partial charge in [0.2, 0.25) is 0 Å². The molecule has 1 aromatic carbocycles. The lowest BCUT2D eigenvalue weighted by atomic mass is 10.1. The summed E-state index contributed by atoms with van der Waals surface area (Å²) in [6.45, 7) is 0. The number of carbonyl (C=O) groups is 1. The fourth-order valence-electron chi connectivity index (χ4n) is 1.21. The molecule has 0 heterocycles. The van der Waals surface area contributed by atoms with Crippen molar-refractivity contribution in [3.05, 3.63) is 29.8 Å². The maximum atomic E-state index is 11.6. The van der Waals surface area contributed by atoms with E-state index in [4.69, 9.17) is 0 Å². The number of carbonyl (C=O) groups excluding carboxylic acids is 1. The van der Waals surface area contributed by atoms with Gasteiger partial charge in [-0.15, -0.1) is 0 Å². The first kappa shape index (κ1) is 12.7. The zero-order valence-electron chi connectivity index (χ0n) is 9.60. The summed E-state index contributed by atoms with van der Waals surface area (Å²) in [4.78, 5) is 11.2. The normalized spacial score (nSPS) is 10.9. The summed E-state index contributed by atoms with van der Waals surface area (Å²) in [5.41, 5.74) is 1.31. The van der Waals surface area contributed by atoms with Crippen LogP contribution in [0.5, 0.6) is 0 Å². The fourth-order valence-corrected chi connectivity index (χ4v) is 1.87. The minimum atomic E-state index is -2.22. The molecule has 4 nitrogen and oxygen atoms in total. The molecule has 1 rings (SSSR count). The Kier molecular flexibility index (Phi) is 4.06. The number of hydrogen-bond acceptors (Lipinski definition) is 4. The Balaban J connectivity index is 3.11. The van der Waals surface area contributed by atoms with E-state index in [1.165, 1.54) is 7.11 Å². The minimum absolute atomic E-state index is 0.145. The number of nitrogens with zero attached hydrogens (tertiary/aromatic N) is 1. The van der Waals surface area contributed by atoms with Gasteiger partial charge in [-0.25, -0.2) is 4.21 Å². The first-order chi connectivity index (χ1) is 7.42. The third kappa shape index (κ3) is 4.02. The molecule has 0 saturated carbocycles. The molecular weight excluding hydrogens is 226 g/mol. The van der Waals surface area contributed by atoms with Crippen molar-refractivity contribution >= 4 is 21.4 Å². The predicted octanol–water partition coefficient (Wildman–Crippen LogP) is 1.76. The van der Waals surface area contributed by atoms with Crippen molar-refractivity contribution in [1.82, 2.24) is 0 Å². The number of methoxy groups -OCH3 is 1. The third-order valence-corrected chi connectivity index (χ3v) is 2.51.